The lowest BCUT2D eigenvalue weighted by Gasteiger charge is -2.34. The SMILES string of the molecule is NC(=O)c1cnccc1N1CCCC(c2nnc3n2CCC3)C1. The lowest BCUT2D eigenvalue weighted by Crippen LogP contribution is -2.36. The van der Waals surface area contributed by atoms with Gasteiger partial charge in [-0.15, -0.1) is 10.2 Å². The zero-order valence-corrected chi connectivity index (χ0v) is 13.0. The van der Waals surface area contributed by atoms with Gasteiger partial charge in [-0.25, -0.2) is 0 Å². The van der Waals surface area contributed by atoms with Gasteiger partial charge in [0.15, 0.2) is 0 Å². The Kier molecular flexibility index (Phi) is 3.48. The van der Waals surface area contributed by atoms with Crippen LogP contribution < -0.4 is 10.6 Å². The van der Waals surface area contributed by atoms with Crippen molar-refractivity contribution >= 4 is 11.6 Å². The molecule has 0 aliphatic carbocycles. The summed E-state index contributed by atoms with van der Waals surface area (Å²) < 4.78 is 2.27. The molecular weight excluding hydrogens is 292 g/mol. The fraction of sp³-hybridized carbons (Fsp3) is 0.500. The number of carbonyl (C=O) groups is 1. The Morgan fingerprint density at radius 3 is 3.04 bits per heavy atom. The fourth-order valence-corrected chi connectivity index (χ4v) is 3.73. The first kappa shape index (κ1) is 14.2. The fourth-order valence-electron chi connectivity index (χ4n) is 3.73. The summed E-state index contributed by atoms with van der Waals surface area (Å²) in [7, 11) is 0. The molecule has 1 atom stereocenters. The minimum Gasteiger partial charge on any atom is -0.370 e. The van der Waals surface area contributed by atoms with Crippen LogP contribution in [0.15, 0.2) is 18.5 Å². The highest BCUT2D eigenvalue weighted by Gasteiger charge is 2.29. The van der Waals surface area contributed by atoms with Crippen molar-refractivity contribution in [1.82, 2.24) is 19.7 Å². The van der Waals surface area contributed by atoms with Gasteiger partial charge in [-0.2, -0.15) is 0 Å². The second-order valence-electron chi connectivity index (χ2n) is 6.27. The molecule has 2 aromatic rings. The van der Waals surface area contributed by atoms with Crippen molar-refractivity contribution in [1.29, 1.82) is 0 Å². The normalized spacial score (nSPS) is 20.5. The molecule has 0 aromatic carbocycles. The third-order valence-electron chi connectivity index (χ3n) is 4.83. The van der Waals surface area contributed by atoms with E-state index in [1.807, 2.05) is 6.07 Å². The van der Waals surface area contributed by atoms with E-state index in [-0.39, 0.29) is 0 Å². The van der Waals surface area contributed by atoms with Crippen molar-refractivity contribution in [3.8, 4) is 0 Å². The lowest BCUT2D eigenvalue weighted by molar-refractivity contribution is 0.100. The molecule has 0 saturated carbocycles. The number of anilines is 1. The molecule has 23 heavy (non-hydrogen) atoms. The maximum Gasteiger partial charge on any atom is 0.252 e. The Bertz CT molecular complexity index is 740. The Labute approximate surface area is 134 Å². The molecule has 2 aromatic heterocycles. The Morgan fingerprint density at radius 2 is 2.17 bits per heavy atom. The molecule has 4 heterocycles. The van der Waals surface area contributed by atoms with Gasteiger partial charge in [-0.05, 0) is 25.3 Å². The molecule has 1 saturated heterocycles. The van der Waals surface area contributed by atoms with E-state index in [0.717, 1.165) is 62.7 Å². The summed E-state index contributed by atoms with van der Waals surface area (Å²) in [5, 5.41) is 8.76. The molecule has 2 N–H and O–H groups in total. The number of carbonyl (C=O) groups excluding carboxylic acids is 1. The number of hydrogen-bond acceptors (Lipinski definition) is 5. The van der Waals surface area contributed by atoms with E-state index >= 15 is 0 Å². The summed E-state index contributed by atoms with van der Waals surface area (Å²) >= 11 is 0. The quantitative estimate of drug-likeness (QED) is 0.916. The van der Waals surface area contributed by atoms with Crippen LogP contribution in [0.4, 0.5) is 5.69 Å². The standard InChI is InChI=1S/C16H20N6O/c17-15(23)12-9-18-6-5-13(12)21-7-1-3-11(10-21)16-20-19-14-4-2-8-22(14)16/h5-6,9,11H,1-4,7-8,10H2,(H2,17,23). The van der Waals surface area contributed by atoms with Crippen molar-refractivity contribution in [2.24, 2.45) is 5.73 Å². The molecular formula is C16H20N6O. The summed E-state index contributed by atoms with van der Waals surface area (Å²) in [5.74, 6) is 2.12. The van der Waals surface area contributed by atoms with Crippen LogP contribution in [0.25, 0.3) is 0 Å². The second-order valence-corrected chi connectivity index (χ2v) is 6.27. The summed E-state index contributed by atoms with van der Waals surface area (Å²) in [5.41, 5.74) is 6.85. The van der Waals surface area contributed by atoms with Crippen LogP contribution in [0.3, 0.4) is 0 Å². The zero-order chi connectivity index (χ0) is 15.8. The van der Waals surface area contributed by atoms with Crippen LogP contribution in [0.1, 0.15) is 47.2 Å². The maximum absolute atomic E-state index is 11.7. The average Bonchev–Trinajstić information content (AvgIpc) is 3.18. The van der Waals surface area contributed by atoms with Crippen LogP contribution in [0.5, 0.6) is 0 Å². The number of fused-ring (bicyclic) bond motifs is 1. The monoisotopic (exact) mass is 312 g/mol. The largest absolute Gasteiger partial charge is 0.370 e. The molecule has 1 unspecified atom stereocenters. The molecule has 120 valence electrons. The maximum atomic E-state index is 11.7. The molecule has 7 heteroatoms. The smallest absolute Gasteiger partial charge is 0.252 e. The van der Waals surface area contributed by atoms with Crippen LogP contribution in [-0.4, -0.2) is 38.7 Å². The number of amides is 1. The second kappa shape index (κ2) is 5.64. The van der Waals surface area contributed by atoms with E-state index in [0.29, 0.717) is 11.5 Å². The van der Waals surface area contributed by atoms with Crippen molar-refractivity contribution in [3.05, 3.63) is 35.7 Å². The third kappa shape index (κ3) is 2.46. The van der Waals surface area contributed by atoms with E-state index in [2.05, 4.69) is 24.6 Å². The van der Waals surface area contributed by atoms with Crippen molar-refractivity contribution in [3.63, 3.8) is 0 Å². The number of aromatic nitrogens is 4. The highest BCUT2D eigenvalue weighted by Crippen LogP contribution is 2.32. The molecule has 0 bridgehead atoms. The number of primary amides is 1. The Hall–Kier alpha value is -2.44. The van der Waals surface area contributed by atoms with E-state index in [1.54, 1.807) is 12.4 Å². The summed E-state index contributed by atoms with van der Waals surface area (Å²) in [4.78, 5) is 17.9. The molecule has 0 radical (unpaired) electrons. The first-order chi connectivity index (χ1) is 11.2. The van der Waals surface area contributed by atoms with Gasteiger partial charge in [-0.1, -0.05) is 0 Å². The summed E-state index contributed by atoms with van der Waals surface area (Å²) in [6.07, 6.45) is 7.61. The van der Waals surface area contributed by atoms with Gasteiger partial charge in [0.1, 0.15) is 11.6 Å². The molecule has 7 nitrogen and oxygen atoms in total. The van der Waals surface area contributed by atoms with Gasteiger partial charge in [0.2, 0.25) is 0 Å². The van der Waals surface area contributed by atoms with Gasteiger partial charge in [-0.3, -0.25) is 9.78 Å². The average molecular weight is 312 g/mol. The molecule has 2 aliphatic heterocycles. The van der Waals surface area contributed by atoms with Gasteiger partial charge in [0, 0.05) is 44.4 Å². The number of aryl methyl sites for hydroxylation is 1. The minimum absolute atomic E-state index is 0.344. The predicted molar refractivity (Wildman–Crippen MR) is 85.3 cm³/mol. The topological polar surface area (TPSA) is 89.9 Å². The van der Waals surface area contributed by atoms with Gasteiger partial charge in [0.25, 0.3) is 5.91 Å². The number of nitrogens with zero attached hydrogens (tertiary/aromatic N) is 5. The highest BCUT2D eigenvalue weighted by atomic mass is 16.1. The van der Waals surface area contributed by atoms with Crippen LogP contribution in [0.2, 0.25) is 0 Å². The minimum atomic E-state index is -0.432. The lowest BCUT2D eigenvalue weighted by atomic mass is 9.96. The molecule has 2 aliphatic rings. The van der Waals surface area contributed by atoms with Crippen molar-refractivity contribution in [2.45, 2.75) is 38.1 Å². The van der Waals surface area contributed by atoms with E-state index in [1.165, 1.54) is 0 Å². The van der Waals surface area contributed by atoms with Crippen molar-refractivity contribution < 1.29 is 4.79 Å². The first-order valence-electron chi connectivity index (χ1n) is 8.15. The molecule has 1 fully saturated rings. The third-order valence-corrected chi connectivity index (χ3v) is 4.83. The van der Waals surface area contributed by atoms with Gasteiger partial charge >= 0.3 is 0 Å². The van der Waals surface area contributed by atoms with Crippen molar-refractivity contribution in [2.75, 3.05) is 18.0 Å². The number of hydrogen-bond donors (Lipinski definition) is 1. The molecule has 0 spiro atoms. The molecule has 4 rings (SSSR count). The van der Waals surface area contributed by atoms with Crippen LogP contribution in [0, 0.1) is 0 Å². The zero-order valence-electron chi connectivity index (χ0n) is 13.0. The predicted octanol–water partition coefficient (Wildman–Crippen LogP) is 1.10. The number of nitrogens with two attached hydrogens (primary N) is 1. The Balaban J connectivity index is 1.61. The van der Waals surface area contributed by atoms with Gasteiger partial charge in [0.05, 0.1) is 11.3 Å². The molecule has 1 amide bonds. The van der Waals surface area contributed by atoms with E-state index < -0.39 is 5.91 Å². The highest BCUT2D eigenvalue weighted by molar-refractivity contribution is 5.98. The number of pyridine rings is 1. The van der Waals surface area contributed by atoms with Crippen LogP contribution >= 0.6 is 0 Å². The van der Waals surface area contributed by atoms with Gasteiger partial charge < -0.3 is 15.2 Å². The summed E-state index contributed by atoms with van der Waals surface area (Å²) in [6, 6.07) is 1.87. The van der Waals surface area contributed by atoms with Crippen LogP contribution in [-0.2, 0) is 13.0 Å². The van der Waals surface area contributed by atoms with E-state index in [4.69, 9.17) is 5.73 Å². The Morgan fingerprint density at radius 1 is 1.26 bits per heavy atom. The first-order valence-corrected chi connectivity index (χ1v) is 8.15. The number of piperidine rings is 1. The number of rotatable bonds is 3. The summed E-state index contributed by atoms with van der Waals surface area (Å²) in [6.45, 7) is 2.78. The van der Waals surface area contributed by atoms with E-state index in [9.17, 15) is 4.79 Å².